The molecule has 0 saturated heterocycles. The Morgan fingerprint density at radius 1 is 1.44 bits per heavy atom. The molecule has 3 nitrogen and oxygen atoms in total. The fourth-order valence-corrected chi connectivity index (χ4v) is 2.25. The van der Waals surface area contributed by atoms with E-state index in [2.05, 4.69) is 22.2 Å². The normalized spacial score (nSPS) is 17.2. The highest BCUT2D eigenvalue weighted by Crippen LogP contribution is 2.49. The fraction of sp³-hybridized carbons (Fsp3) is 0.636. The lowest BCUT2D eigenvalue weighted by atomic mass is 10.0. The van der Waals surface area contributed by atoms with Crippen LogP contribution in [0.25, 0.3) is 0 Å². The van der Waals surface area contributed by atoms with Gasteiger partial charge in [-0.2, -0.15) is 4.98 Å². The van der Waals surface area contributed by atoms with Crippen molar-refractivity contribution < 1.29 is 0 Å². The molecule has 5 heteroatoms. The molecule has 0 bridgehead atoms. The second-order valence-corrected chi connectivity index (χ2v) is 5.18. The molecule has 1 N–H and O–H groups in total. The summed E-state index contributed by atoms with van der Waals surface area (Å²) in [5.74, 6) is 0.643. The summed E-state index contributed by atoms with van der Waals surface area (Å²) >= 11 is 11.7. The molecule has 1 fully saturated rings. The summed E-state index contributed by atoms with van der Waals surface area (Å²) < 4.78 is 0. The average Bonchev–Trinajstić information content (AvgIpc) is 3.01. The maximum Gasteiger partial charge on any atom is 0.224 e. The molecule has 1 aromatic rings. The zero-order valence-electron chi connectivity index (χ0n) is 9.26. The van der Waals surface area contributed by atoms with Gasteiger partial charge < -0.3 is 5.32 Å². The Bertz CT molecular complexity index is 377. The number of anilines is 1. The molecule has 0 spiro atoms. The van der Waals surface area contributed by atoms with Crippen molar-refractivity contribution in [3.8, 4) is 0 Å². The van der Waals surface area contributed by atoms with Crippen molar-refractivity contribution in [2.45, 2.75) is 32.6 Å². The third-order valence-electron chi connectivity index (χ3n) is 3.08. The van der Waals surface area contributed by atoms with Gasteiger partial charge in [-0.1, -0.05) is 24.9 Å². The number of halogens is 2. The summed E-state index contributed by atoms with van der Waals surface area (Å²) in [6, 6.07) is 0. The molecule has 0 unspecified atom stereocenters. The molecule has 1 aliphatic carbocycles. The molecule has 1 heterocycles. The second kappa shape index (κ2) is 4.76. The SMILES string of the molecule is CCCC1(CNc2nc(Cl)ncc2Cl)CC1. The van der Waals surface area contributed by atoms with E-state index >= 15 is 0 Å². The van der Waals surface area contributed by atoms with Gasteiger partial charge in [0, 0.05) is 6.54 Å². The lowest BCUT2D eigenvalue weighted by molar-refractivity contribution is 0.485. The van der Waals surface area contributed by atoms with Crippen molar-refractivity contribution in [3.05, 3.63) is 16.5 Å². The molecule has 0 aliphatic heterocycles. The van der Waals surface area contributed by atoms with Crippen LogP contribution < -0.4 is 5.32 Å². The molecular formula is C11H15Cl2N3. The van der Waals surface area contributed by atoms with Crippen molar-refractivity contribution in [2.75, 3.05) is 11.9 Å². The average molecular weight is 260 g/mol. The fourth-order valence-electron chi connectivity index (χ4n) is 1.96. The van der Waals surface area contributed by atoms with Crippen molar-refractivity contribution in [3.63, 3.8) is 0 Å². The predicted molar refractivity (Wildman–Crippen MR) is 67.1 cm³/mol. The standard InChI is InChI=1S/C11H15Cl2N3/c1-2-3-11(4-5-11)7-15-9-8(12)6-14-10(13)16-9/h6H,2-5,7H2,1H3,(H,14,15,16). The van der Waals surface area contributed by atoms with E-state index in [0.29, 0.717) is 16.3 Å². The van der Waals surface area contributed by atoms with Gasteiger partial charge in [-0.25, -0.2) is 4.98 Å². The van der Waals surface area contributed by atoms with Crippen LogP contribution in [0, 0.1) is 5.41 Å². The minimum Gasteiger partial charge on any atom is -0.368 e. The third-order valence-corrected chi connectivity index (χ3v) is 3.54. The molecule has 1 saturated carbocycles. The van der Waals surface area contributed by atoms with Gasteiger partial charge in [0.2, 0.25) is 5.28 Å². The molecule has 1 aromatic heterocycles. The molecule has 1 aliphatic rings. The summed E-state index contributed by atoms with van der Waals surface area (Å²) in [6.07, 6.45) is 6.60. The summed E-state index contributed by atoms with van der Waals surface area (Å²) in [5.41, 5.74) is 0.468. The van der Waals surface area contributed by atoms with Gasteiger partial charge in [0.15, 0.2) is 0 Å². The highest BCUT2D eigenvalue weighted by atomic mass is 35.5. The summed E-state index contributed by atoms with van der Waals surface area (Å²) in [6.45, 7) is 3.14. The number of rotatable bonds is 5. The number of nitrogens with one attached hydrogen (secondary N) is 1. The van der Waals surface area contributed by atoms with Gasteiger partial charge in [-0.05, 0) is 36.3 Å². The lowest BCUT2D eigenvalue weighted by Gasteiger charge is -2.15. The van der Waals surface area contributed by atoms with Gasteiger partial charge in [-0.3, -0.25) is 0 Å². The van der Waals surface area contributed by atoms with E-state index in [-0.39, 0.29) is 5.28 Å². The maximum absolute atomic E-state index is 5.98. The summed E-state index contributed by atoms with van der Waals surface area (Å²) in [7, 11) is 0. The van der Waals surface area contributed by atoms with Crippen LogP contribution in [-0.2, 0) is 0 Å². The molecule has 0 atom stereocenters. The van der Waals surface area contributed by atoms with Crippen LogP contribution in [0.1, 0.15) is 32.6 Å². The topological polar surface area (TPSA) is 37.8 Å². The minimum absolute atomic E-state index is 0.229. The van der Waals surface area contributed by atoms with Crippen LogP contribution in [0.3, 0.4) is 0 Å². The van der Waals surface area contributed by atoms with Crippen LogP contribution in [0.15, 0.2) is 6.20 Å². The van der Waals surface area contributed by atoms with Gasteiger partial charge in [0.25, 0.3) is 0 Å². The molecule has 2 rings (SSSR count). The number of aromatic nitrogens is 2. The zero-order valence-corrected chi connectivity index (χ0v) is 10.8. The van der Waals surface area contributed by atoms with Crippen LogP contribution in [0.5, 0.6) is 0 Å². The van der Waals surface area contributed by atoms with Crippen LogP contribution in [-0.4, -0.2) is 16.5 Å². The summed E-state index contributed by atoms with van der Waals surface area (Å²) in [5, 5.41) is 4.03. The Kier molecular flexibility index (Phi) is 3.55. The highest BCUT2D eigenvalue weighted by Gasteiger charge is 2.41. The van der Waals surface area contributed by atoms with Crippen molar-refractivity contribution in [2.24, 2.45) is 5.41 Å². The van der Waals surface area contributed by atoms with E-state index in [1.807, 2.05) is 0 Å². The highest BCUT2D eigenvalue weighted by molar-refractivity contribution is 6.33. The van der Waals surface area contributed by atoms with E-state index in [1.54, 1.807) is 0 Å². The maximum atomic E-state index is 5.98. The minimum atomic E-state index is 0.229. The molecule has 16 heavy (non-hydrogen) atoms. The monoisotopic (exact) mass is 259 g/mol. The van der Waals surface area contributed by atoms with Crippen LogP contribution >= 0.6 is 23.2 Å². The Balaban J connectivity index is 1.97. The number of hydrogen-bond acceptors (Lipinski definition) is 3. The third kappa shape index (κ3) is 2.77. The van der Waals surface area contributed by atoms with Crippen molar-refractivity contribution in [1.29, 1.82) is 0 Å². The van der Waals surface area contributed by atoms with Gasteiger partial charge in [0.05, 0.1) is 6.20 Å². The van der Waals surface area contributed by atoms with E-state index < -0.39 is 0 Å². The largest absolute Gasteiger partial charge is 0.368 e. The van der Waals surface area contributed by atoms with E-state index in [9.17, 15) is 0 Å². The van der Waals surface area contributed by atoms with Gasteiger partial charge in [0.1, 0.15) is 10.8 Å². The van der Waals surface area contributed by atoms with E-state index in [4.69, 9.17) is 23.2 Å². The molecule has 0 amide bonds. The Morgan fingerprint density at radius 2 is 2.19 bits per heavy atom. The number of hydrogen-bond donors (Lipinski definition) is 1. The van der Waals surface area contributed by atoms with Crippen molar-refractivity contribution >= 4 is 29.0 Å². The van der Waals surface area contributed by atoms with Crippen molar-refractivity contribution in [1.82, 2.24) is 9.97 Å². The Hall–Kier alpha value is -0.540. The summed E-state index contributed by atoms with van der Waals surface area (Å²) in [4.78, 5) is 7.89. The first-order valence-corrected chi connectivity index (χ1v) is 6.33. The first-order chi connectivity index (χ1) is 7.65. The first kappa shape index (κ1) is 11.9. The molecule has 0 aromatic carbocycles. The Morgan fingerprint density at radius 3 is 2.81 bits per heavy atom. The van der Waals surface area contributed by atoms with E-state index in [0.717, 1.165) is 6.54 Å². The van der Waals surface area contributed by atoms with Gasteiger partial charge >= 0.3 is 0 Å². The smallest absolute Gasteiger partial charge is 0.224 e. The lowest BCUT2D eigenvalue weighted by Crippen LogP contribution is -2.16. The number of nitrogens with zero attached hydrogens (tertiary/aromatic N) is 2. The predicted octanol–water partition coefficient (Wildman–Crippen LogP) is 3.78. The van der Waals surface area contributed by atoms with Gasteiger partial charge in [-0.15, -0.1) is 0 Å². The van der Waals surface area contributed by atoms with Crippen LogP contribution in [0.4, 0.5) is 5.82 Å². The first-order valence-electron chi connectivity index (χ1n) is 5.57. The molecular weight excluding hydrogens is 245 g/mol. The zero-order chi connectivity index (χ0) is 11.6. The van der Waals surface area contributed by atoms with Crippen LogP contribution in [0.2, 0.25) is 10.3 Å². The van der Waals surface area contributed by atoms with E-state index in [1.165, 1.54) is 31.9 Å². The quantitative estimate of drug-likeness (QED) is 0.819. The molecule has 88 valence electrons. The Labute approximate surface area is 106 Å². The molecule has 0 radical (unpaired) electrons. The second-order valence-electron chi connectivity index (χ2n) is 4.44.